The summed E-state index contributed by atoms with van der Waals surface area (Å²) in [5.41, 5.74) is 0.0642. The van der Waals surface area contributed by atoms with Gasteiger partial charge in [-0.1, -0.05) is 13.3 Å². The average Bonchev–Trinajstić information content (AvgIpc) is 2.44. The normalized spacial score (nSPS) is 43.4. The Hall–Kier alpha value is -0.510. The van der Waals surface area contributed by atoms with Gasteiger partial charge < -0.3 is 0 Å². The average molecular weight is 109 g/mol. The third kappa shape index (κ3) is 0.608. The Morgan fingerprint density at radius 3 is 2.62 bits per heavy atom. The third-order valence-corrected chi connectivity index (χ3v) is 2.16. The molecule has 1 fully saturated rings. The van der Waals surface area contributed by atoms with Crippen molar-refractivity contribution in [3.8, 4) is 6.07 Å². The van der Waals surface area contributed by atoms with Crippen molar-refractivity contribution in [2.75, 3.05) is 0 Å². The number of hydrogen-bond acceptors (Lipinski definition) is 1. The molecule has 1 nitrogen and oxygen atoms in total. The molecule has 0 N–H and O–H groups in total. The standard InChI is InChI=1S/C7H11N/c1-3-6-4-7(6,2)5-8/h6H,3-4H2,1-2H3/t6-,7-/m0/s1. The first kappa shape index (κ1) is 5.62. The molecule has 8 heavy (non-hydrogen) atoms. The molecule has 0 radical (unpaired) electrons. The van der Waals surface area contributed by atoms with E-state index in [4.69, 9.17) is 5.26 Å². The fraction of sp³-hybridized carbons (Fsp3) is 0.857. The lowest BCUT2D eigenvalue weighted by molar-refractivity contribution is 0.624. The third-order valence-electron chi connectivity index (χ3n) is 2.16. The Kier molecular flexibility index (Phi) is 1.04. The minimum atomic E-state index is 0.0642. The zero-order valence-corrected chi connectivity index (χ0v) is 5.44. The van der Waals surface area contributed by atoms with Crippen LogP contribution < -0.4 is 0 Å². The molecule has 0 unspecified atom stereocenters. The molecule has 1 heteroatoms. The molecule has 0 aromatic carbocycles. The van der Waals surface area contributed by atoms with Crippen molar-refractivity contribution in [1.29, 1.82) is 5.26 Å². The molecule has 0 heterocycles. The molecule has 0 aromatic heterocycles. The summed E-state index contributed by atoms with van der Waals surface area (Å²) in [5.74, 6) is 0.701. The van der Waals surface area contributed by atoms with E-state index < -0.39 is 0 Å². The van der Waals surface area contributed by atoms with Crippen LogP contribution in [0.15, 0.2) is 0 Å². The predicted molar refractivity (Wildman–Crippen MR) is 32.1 cm³/mol. The summed E-state index contributed by atoms with van der Waals surface area (Å²) in [6, 6.07) is 2.32. The maximum Gasteiger partial charge on any atom is 0.0689 e. The molecule has 0 aliphatic heterocycles. The predicted octanol–water partition coefficient (Wildman–Crippen LogP) is 1.95. The molecule has 0 bridgehead atoms. The van der Waals surface area contributed by atoms with Gasteiger partial charge in [-0.05, 0) is 19.3 Å². The van der Waals surface area contributed by atoms with Crippen LogP contribution in [0.2, 0.25) is 0 Å². The van der Waals surface area contributed by atoms with Gasteiger partial charge in [-0.15, -0.1) is 0 Å². The Morgan fingerprint density at radius 2 is 2.50 bits per heavy atom. The first-order valence-corrected chi connectivity index (χ1v) is 3.14. The van der Waals surface area contributed by atoms with Gasteiger partial charge in [0.25, 0.3) is 0 Å². The van der Waals surface area contributed by atoms with Crippen LogP contribution in [0.1, 0.15) is 26.7 Å². The van der Waals surface area contributed by atoms with Crippen molar-refractivity contribution in [3.05, 3.63) is 0 Å². The van der Waals surface area contributed by atoms with Crippen molar-refractivity contribution in [1.82, 2.24) is 0 Å². The first-order chi connectivity index (χ1) is 3.73. The van der Waals surface area contributed by atoms with Gasteiger partial charge in [-0.3, -0.25) is 0 Å². The molecule has 1 saturated carbocycles. The Labute approximate surface area is 50.3 Å². The summed E-state index contributed by atoms with van der Waals surface area (Å²) >= 11 is 0. The quantitative estimate of drug-likeness (QED) is 0.505. The zero-order valence-electron chi connectivity index (χ0n) is 5.44. The highest BCUT2D eigenvalue weighted by molar-refractivity contribution is 5.12. The van der Waals surface area contributed by atoms with E-state index in [1.54, 1.807) is 0 Å². The molecular weight excluding hydrogens is 98.1 g/mol. The fourth-order valence-electron chi connectivity index (χ4n) is 1.18. The molecular formula is C7H11N. The van der Waals surface area contributed by atoms with Gasteiger partial charge in [0.05, 0.1) is 11.5 Å². The Morgan fingerprint density at radius 1 is 1.88 bits per heavy atom. The maximum absolute atomic E-state index is 8.52. The van der Waals surface area contributed by atoms with Crippen LogP contribution in [0.5, 0.6) is 0 Å². The topological polar surface area (TPSA) is 23.8 Å². The first-order valence-electron chi connectivity index (χ1n) is 3.14. The Bertz CT molecular complexity index is 134. The van der Waals surface area contributed by atoms with Crippen molar-refractivity contribution in [3.63, 3.8) is 0 Å². The summed E-state index contributed by atoms with van der Waals surface area (Å²) < 4.78 is 0. The number of nitrogens with zero attached hydrogens (tertiary/aromatic N) is 1. The smallest absolute Gasteiger partial charge is 0.0689 e. The second-order valence-electron chi connectivity index (χ2n) is 2.84. The second-order valence-corrected chi connectivity index (χ2v) is 2.84. The van der Waals surface area contributed by atoms with E-state index in [-0.39, 0.29) is 5.41 Å². The van der Waals surface area contributed by atoms with Crippen molar-refractivity contribution >= 4 is 0 Å². The molecule has 44 valence electrons. The monoisotopic (exact) mass is 109 g/mol. The van der Waals surface area contributed by atoms with Crippen LogP contribution in [-0.2, 0) is 0 Å². The van der Waals surface area contributed by atoms with Crippen LogP contribution in [0.3, 0.4) is 0 Å². The fourth-order valence-corrected chi connectivity index (χ4v) is 1.18. The van der Waals surface area contributed by atoms with Gasteiger partial charge in [0.15, 0.2) is 0 Å². The van der Waals surface area contributed by atoms with E-state index in [1.807, 2.05) is 6.92 Å². The minimum Gasteiger partial charge on any atom is -0.198 e. The molecule has 0 spiro atoms. The summed E-state index contributed by atoms with van der Waals surface area (Å²) in [6.07, 6.45) is 2.30. The summed E-state index contributed by atoms with van der Waals surface area (Å²) in [6.45, 7) is 4.19. The second kappa shape index (κ2) is 1.48. The largest absolute Gasteiger partial charge is 0.198 e. The van der Waals surface area contributed by atoms with E-state index in [1.165, 1.54) is 6.42 Å². The molecule has 0 amide bonds. The van der Waals surface area contributed by atoms with Gasteiger partial charge in [-0.25, -0.2) is 0 Å². The van der Waals surface area contributed by atoms with E-state index >= 15 is 0 Å². The lowest BCUT2D eigenvalue weighted by atomic mass is 10.1. The lowest BCUT2D eigenvalue weighted by Crippen LogP contribution is -1.90. The molecule has 1 aliphatic carbocycles. The van der Waals surface area contributed by atoms with Crippen LogP contribution in [0.25, 0.3) is 0 Å². The number of nitriles is 1. The van der Waals surface area contributed by atoms with E-state index in [0.717, 1.165) is 6.42 Å². The molecule has 1 aliphatic rings. The molecule has 0 aromatic rings. The highest BCUT2D eigenvalue weighted by Crippen LogP contribution is 2.53. The number of hydrogen-bond donors (Lipinski definition) is 0. The van der Waals surface area contributed by atoms with Gasteiger partial charge in [0.1, 0.15) is 0 Å². The van der Waals surface area contributed by atoms with Crippen molar-refractivity contribution < 1.29 is 0 Å². The Balaban J connectivity index is 2.46. The molecule has 2 atom stereocenters. The van der Waals surface area contributed by atoms with Gasteiger partial charge in [0, 0.05) is 0 Å². The minimum absolute atomic E-state index is 0.0642. The molecule has 1 rings (SSSR count). The summed E-state index contributed by atoms with van der Waals surface area (Å²) in [7, 11) is 0. The maximum atomic E-state index is 8.52. The van der Waals surface area contributed by atoms with Gasteiger partial charge in [-0.2, -0.15) is 5.26 Å². The highest BCUT2D eigenvalue weighted by Gasteiger charge is 2.48. The van der Waals surface area contributed by atoms with E-state index in [0.29, 0.717) is 5.92 Å². The van der Waals surface area contributed by atoms with Crippen LogP contribution in [-0.4, -0.2) is 0 Å². The SMILES string of the molecule is CC[C@H]1C[C@@]1(C)C#N. The summed E-state index contributed by atoms with van der Waals surface area (Å²) in [4.78, 5) is 0. The van der Waals surface area contributed by atoms with Crippen molar-refractivity contribution in [2.45, 2.75) is 26.7 Å². The lowest BCUT2D eigenvalue weighted by Gasteiger charge is -1.92. The van der Waals surface area contributed by atoms with Crippen LogP contribution in [0.4, 0.5) is 0 Å². The van der Waals surface area contributed by atoms with E-state index in [9.17, 15) is 0 Å². The van der Waals surface area contributed by atoms with E-state index in [2.05, 4.69) is 13.0 Å². The van der Waals surface area contributed by atoms with Gasteiger partial charge >= 0.3 is 0 Å². The van der Waals surface area contributed by atoms with Crippen LogP contribution >= 0.6 is 0 Å². The van der Waals surface area contributed by atoms with Crippen molar-refractivity contribution in [2.24, 2.45) is 11.3 Å². The highest BCUT2D eigenvalue weighted by atomic mass is 14.5. The van der Waals surface area contributed by atoms with Gasteiger partial charge in [0.2, 0.25) is 0 Å². The zero-order chi connectivity index (χ0) is 6.20. The number of rotatable bonds is 1. The van der Waals surface area contributed by atoms with Crippen LogP contribution in [0, 0.1) is 22.7 Å². The molecule has 0 saturated heterocycles. The summed E-state index contributed by atoms with van der Waals surface area (Å²) in [5, 5.41) is 8.52.